The van der Waals surface area contributed by atoms with Gasteiger partial charge in [-0.3, -0.25) is 9.79 Å². The highest BCUT2D eigenvalue weighted by molar-refractivity contribution is 6.34. The molecule has 0 bridgehead atoms. The van der Waals surface area contributed by atoms with Crippen LogP contribution in [0.25, 0.3) is 0 Å². The van der Waals surface area contributed by atoms with Crippen LogP contribution in [-0.2, 0) is 11.2 Å². The van der Waals surface area contributed by atoms with E-state index in [4.69, 9.17) is 10.9 Å². The summed E-state index contributed by atoms with van der Waals surface area (Å²) in [6, 6.07) is 7.95. The highest BCUT2D eigenvalue weighted by Crippen LogP contribution is 2.14. The lowest BCUT2D eigenvalue weighted by molar-refractivity contribution is -0.135. The average Bonchev–Trinajstić information content (AvgIpc) is 3.03. The summed E-state index contributed by atoms with van der Waals surface area (Å²) in [6.07, 6.45) is 4.84. The number of aliphatic carboxylic acids is 1. The van der Waals surface area contributed by atoms with Crippen LogP contribution in [0.3, 0.4) is 0 Å². The van der Waals surface area contributed by atoms with Gasteiger partial charge in [-0.2, -0.15) is 5.10 Å². The number of rotatable bonds is 7. The first-order valence-electron chi connectivity index (χ1n) is 7.51. The molecule has 0 saturated carbocycles. The molecule has 1 aliphatic rings. The molecule has 2 rings (SSSR count). The molecule has 1 fully saturated rings. The Morgan fingerprint density at radius 2 is 1.95 bits per heavy atom. The maximum atomic E-state index is 10.6. The van der Waals surface area contributed by atoms with Crippen LogP contribution in [0.1, 0.15) is 24.8 Å². The van der Waals surface area contributed by atoms with Gasteiger partial charge in [-0.15, -0.1) is 0 Å². The minimum Gasteiger partial charge on any atom is -0.481 e. The van der Waals surface area contributed by atoms with E-state index in [0.717, 1.165) is 18.7 Å². The van der Waals surface area contributed by atoms with Gasteiger partial charge >= 0.3 is 5.97 Å². The number of aliphatic imine (C=N–C) groups is 1. The van der Waals surface area contributed by atoms with E-state index >= 15 is 0 Å². The van der Waals surface area contributed by atoms with Crippen molar-refractivity contribution in [2.24, 2.45) is 15.9 Å². The van der Waals surface area contributed by atoms with Crippen LogP contribution in [0.15, 0.2) is 34.4 Å². The van der Waals surface area contributed by atoms with Gasteiger partial charge in [0, 0.05) is 6.54 Å². The Hall–Kier alpha value is -2.21. The summed E-state index contributed by atoms with van der Waals surface area (Å²) in [5, 5.41) is 12.1. The number of nitrogens with zero attached hydrogens (tertiary/aromatic N) is 3. The van der Waals surface area contributed by atoms with Crippen molar-refractivity contribution >= 4 is 23.6 Å². The second-order valence-electron chi connectivity index (χ2n) is 5.41. The van der Waals surface area contributed by atoms with Gasteiger partial charge in [0.05, 0.1) is 24.0 Å². The molecule has 0 radical (unpaired) electrons. The van der Waals surface area contributed by atoms with Crippen molar-refractivity contribution in [1.29, 1.82) is 0 Å². The molecular formula is C16H22N4O2. The summed E-state index contributed by atoms with van der Waals surface area (Å²) >= 11 is 0. The Labute approximate surface area is 130 Å². The van der Waals surface area contributed by atoms with E-state index in [9.17, 15) is 4.79 Å². The fraction of sp³-hybridized carbons (Fsp3) is 0.438. The molecule has 22 heavy (non-hydrogen) atoms. The molecule has 0 atom stereocenters. The van der Waals surface area contributed by atoms with Gasteiger partial charge in [0.1, 0.15) is 0 Å². The van der Waals surface area contributed by atoms with Gasteiger partial charge in [-0.25, -0.2) is 0 Å². The van der Waals surface area contributed by atoms with Crippen molar-refractivity contribution in [2.45, 2.75) is 25.7 Å². The average molecular weight is 302 g/mol. The zero-order valence-corrected chi connectivity index (χ0v) is 12.6. The molecule has 1 aromatic carbocycles. The van der Waals surface area contributed by atoms with Crippen LogP contribution in [0.4, 0.5) is 5.69 Å². The quantitative estimate of drug-likeness (QED) is 0.456. The maximum absolute atomic E-state index is 10.6. The summed E-state index contributed by atoms with van der Waals surface area (Å²) < 4.78 is 0. The van der Waals surface area contributed by atoms with E-state index in [1.807, 2.05) is 12.1 Å². The number of hydrazone groups is 1. The topological polar surface area (TPSA) is 91.3 Å². The molecule has 1 aliphatic heterocycles. The van der Waals surface area contributed by atoms with Crippen molar-refractivity contribution in [2.75, 3.05) is 19.6 Å². The number of likely N-dealkylation sites (tertiary alicyclic amines) is 1. The molecule has 6 nitrogen and oxygen atoms in total. The number of carboxylic acids is 1. The Bertz CT molecular complexity index is 546. The molecule has 3 N–H and O–H groups in total. The SMILES string of the molecule is NN=C(C=Nc1ccc(CCN2CCCC2)cc1)CC(=O)O. The van der Waals surface area contributed by atoms with Crippen LogP contribution in [-0.4, -0.2) is 47.5 Å². The van der Waals surface area contributed by atoms with E-state index in [-0.39, 0.29) is 12.1 Å². The van der Waals surface area contributed by atoms with Crippen LogP contribution >= 0.6 is 0 Å². The van der Waals surface area contributed by atoms with E-state index in [0.29, 0.717) is 0 Å². The van der Waals surface area contributed by atoms with Gasteiger partial charge in [-0.1, -0.05) is 12.1 Å². The van der Waals surface area contributed by atoms with Crippen LogP contribution in [0, 0.1) is 0 Å². The predicted octanol–water partition coefficient (Wildman–Crippen LogP) is 1.82. The fourth-order valence-electron chi connectivity index (χ4n) is 2.47. The van der Waals surface area contributed by atoms with Gasteiger partial charge in [-0.05, 0) is 50.0 Å². The minimum absolute atomic E-state index is 0.228. The zero-order valence-electron chi connectivity index (χ0n) is 12.6. The van der Waals surface area contributed by atoms with Crippen molar-refractivity contribution in [3.8, 4) is 0 Å². The highest BCUT2D eigenvalue weighted by Gasteiger charge is 2.10. The summed E-state index contributed by atoms with van der Waals surface area (Å²) in [5.74, 6) is 4.16. The second-order valence-corrected chi connectivity index (χ2v) is 5.41. The van der Waals surface area contributed by atoms with E-state index < -0.39 is 5.97 Å². The van der Waals surface area contributed by atoms with Crippen molar-refractivity contribution in [3.05, 3.63) is 29.8 Å². The molecule has 6 heteroatoms. The van der Waals surface area contributed by atoms with Crippen LogP contribution in [0.2, 0.25) is 0 Å². The third-order valence-corrected chi connectivity index (χ3v) is 3.71. The lowest BCUT2D eigenvalue weighted by Gasteiger charge is -2.14. The Morgan fingerprint density at radius 1 is 1.27 bits per heavy atom. The standard InChI is InChI=1S/C16H22N4O2/c17-19-15(11-16(21)22)12-18-14-5-3-13(4-6-14)7-10-20-8-1-2-9-20/h3-6,12H,1-2,7-11,17H2,(H,21,22). The molecule has 0 amide bonds. The van der Waals surface area contributed by atoms with Gasteiger partial charge in [0.25, 0.3) is 0 Å². The Morgan fingerprint density at radius 3 is 2.55 bits per heavy atom. The molecule has 0 spiro atoms. The summed E-state index contributed by atoms with van der Waals surface area (Å²) in [7, 11) is 0. The summed E-state index contributed by atoms with van der Waals surface area (Å²) in [4.78, 5) is 17.3. The largest absolute Gasteiger partial charge is 0.481 e. The van der Waals surface area contributed by atoms with Gasteiger partial charge < -0.3 is 15.8 Å². The third-order valence-electron chi connectivity index (χ3n) is 3.71. The normalized spacial score (nSPS) is 16.5. The number of carboxylic acid groups (broad SMARTS) is 1. The molecule has 1 aromatic rings. The molecule has 118 valence electrons. The Kier molecular flexibility index (Phi) is 6.09. The number of hydrogen-bond acceptors (Lipinski definition) is 5. The van der Waals surface area contributed by atoms with Crippen molar-refractivity contribution < 1.29 is 9.90 Å². The number of benzene rings is 1. The van der Waals surface area contributed by atoms with Crippen LogP contribution < -0.4 is 5.84 Å². The third kappa shape index (κ3) is 5.29. The van der Waals surface area contributed by atoms with Gasteiger partial charge in [0.2, 0.25) is 0 Å². The molecule has 1 saturated heterocycles. The molecule has 1 heterocycles. The smallest absolute Gasteiger partial charge is 0.309 e. The molecule has 0 aromatic heterocycles. The van der Waals surface area contributed by atoms with E-state index in [1.54, 1.807) is 0 Å². The second kappa shape index (κ2) is 8.29. The zero-order chi connectivity index (χ0) is 15.8. The van der Waals surface area contributed by atoms with Crippen LogP contribution in [0.5, 0.6) is 0 Å². The maximum Gasteiger partial charge on any atom is 0.309 e. The number of nitrogens with two attached hydrogens (primary N) is 1. The first-order chi connectivity index (χ1) is 10.7. The number of hydrogen-bond donors (Lipinski definition) is 2. The first kappa shape index (κ1) is 16.2. The van der Waals surface area contributed by atoms with Crippen molar-refractivity contribution in [1.82, 2.24) is 4.90 Å². The minimum atomic E-state index is -0.979. The number of carbonyl (C=O) groups is 1. The van der Waals surface area contributed by atoms with E-state index in [1.165, 1.54) is 37.7 Å². The van der Waals surface area contributed by atoms with E-state index in [2.05, 4.69) is 27.1 Å². The monoisotopic (exact) mass is 302 g/mol. The highest BCUT2D eigenvalue weighted by atomic mass is 16.4. The van der Waals surface area contributed by atoms with Crippen molar-refractivity contribution in [3.63, 3.8) is 0 Å². The lowest BCUT2D eigenvalue weighted by atomic mass is 10.1. The first-order valence-corrected chi connectivity index (χ1v) is 7.51. The summed E-state index contributed by atoms with van der Waals surface area (Å²) in [5.41, 5.74) is 2.28. The fourth-order valence-corrected chi connectivity index (χ4v) is 2.47. The predicted molar refractivity (Wildman–Crippen MR) is 87.8 cm³/mol. The van der Waals surface area contributed by atoms with Gasteiger partial charge in [0.15, 0.2) is 0 Å². The molecule has 0 unspecified atom stereocenters. The molecule has 0 aliphatic carbocycles. The Balaban J connectivity index is 1.86. The summed E-state index contributed by atoms with van der Waals surface area (Å²) in [6.45, 7) is 3.53. The molecular weight excluding hydrogens is 280 g/mol. The lowest BCUT2D eigenvalue weighted by Crippen LogP contribution is -2.21.